The van der Waals surface area contributed by atoms with Crippen LogP contribution in [0.2, 0.25) is 5.02 Å². The van der Waals surface area contributed by atoms with E-state index in [1.165, 1.54) is 16.8 Å². The minimum Gasteiger partial charge on any atom is -0.490 e. The van der Waals surface area contributed by atoms with E-state index < -0.39 is 5.91 Å². The van der Waals surface area contributed by atoms with Crippen LogP contribution < -0.4 is 14.2 Å². The maximum atomic E-state index is 12.9. The second-order valence-corrected chi connectivity index (χ2v) is 11.0. The van der Waals surface area contributed by atoms with Gasteiger partial charge in [0.15, 0.2) is 17.3 Å². The number of nitrogens with zero attached hydrogens (tertiary/aromatic N) is 3. The normalized spacial score (nSPS) is 15.6. The highest BCUT2D eigenvalue weighted by Crippen LogP contribution is 2.38. The van der Waals surface area contributed by atoms with E-state index in [1.807, 2.05) is 62.4 Å². The summed E-state index contributed by atoms with van der Waals surface area (Å²) < 4.78 is 18.4. The summed E-state index contributed by atoms with van der Waals surface area (Å²) in [5.74, 6) is 0.925. The van der Waals surface area contributed by atoms with Gasteiger partial charge in [-0.2, -0.15) is 15.1 Å². The van der Waals surface area contributed by atoms with Gasteiger partial charge in [-0.25, -0.2) is 0 Å². The van der Waals surface area contributed by atoms with Gasteiger partial charge in [-0.15, -0.1) is 0 Å². The number of aryl methyl sites for hydroxylation is 1. The van der Waals surface area contributed by atoms with Crippen LogP contribution in [-0.2, 0) is 4.79 Å². The van der Waals surface area contributed by atoms with E-state index in [-0.39, 0.29) is 18.0 Å². The first-order chi connectivity index (χ1) is 19.3. The molecule has 0 aliphatic carbocycles. The SMILES string of the molecule is CCOc1cc(/C=C2/C(=N)N3N=C(c4ccc(C)cc4)SC3=NC2=O)cc(Cl)c1OCCOc1ccc(Br)cc1. The first kappa shape index (κ1) is 27.9. The fraction of sp³-hybridized carbons (Fsp3) is 0.172. The fourth-order valence-corrected chi connectivity index (χ4v) is 5.31. The lowest BCUT2D eigenvalue weighted by molar-refractivity contribution is -0.114. The Hall–Kier alpha value is -3.60. The van der Waals surface area contributed by atoms with Crippen LogP contribution in [0.5, 0.6) is 17.2 Å². The lowest BCUT2D eigenvalue weighted by Gasteiger charge is -2.20. The molecular formula is C29H24BrClN4O4S. The number of fused-ring (bicyclic) bond motifs is 1. The first-order valence-corrected chi connectivity index (χ1v) is 14.4. The molecule has 5 rings (SSSR count). The topological polar surface area (TPSA) is 96.6 Å². The third kappa shape index (κ3) is 6.24. The molecule has 2 aliphatic rings. The minimum absolute atomic E-state index is 0.0656. The van der Waals surface area contributed by atoms with Crippen molar-refractivity contribution in [2.24, 2.45) is 10.1 Å². The van der Waals surface area contributed by atoms with Crippen LogP contribution in [0, 0.1) is 12.3 Å². The third-order valence-electron chi connectivity index (χ3n) is 5.81. The molecular weight excluding hydrogens is 616 g/mol. The van der Waals surface area contributed by atoms with Gasteiger partial charge in [-0.05, 0) is 73.6 Å². The quantitative estimate of drug-likeness (QED) is 0.201. The molecule has 0 saturated carbocycles. The van der Waals surface area contributed by atoms with Gasteiger partial charge in [0.05, 0.1) is 17.2 Å². The minimum atomic E-state index is -0.524. The molecule has 0 aromatic heterocycles. The van der Waals surface area contributed by atoms with Gasteiger partial charge >= 0.3 is 0 Å². The van der Waals surface area contributed by atoms with Crippen LogP contribution in [0.4, 0.5) is 0 Å². The summed E-state index contributed by atoms with van der Waals surface area (Å²) in [5, 5.41) is 15.9. The van der Waals surface area contributed by atoms with E-state index in [4.69, 9.17) is 31.2 Å². The highest BCUT2D eigenvalue weighted by atomic mass is 79.9. The van der Waals surface area contributed by atoms with Gasteiger partial charge in [0.2, 0.25) is 5.17 Å². The molecule has 0 bridgehead atoms. The Balaban J connectivity index is 1.33. The monoisotopic (exact) mass is 638 g/mol. The van der Waals surface area contributed by atoms with Gasteiger partial charge in [0.1, 0.15) is 24.0 Å². The lowest BCUT2D eigenvalue weighted by Crippen LogP contribution is -2.35. The zero-order valence-electron chi connectivity index (χ0n) is 21.6. The molecule has 3 aromatic carbocycles. The number of amidine groups is 2. The average Bonchev–Trinajstić information content (AvgIpc) is 3.36. The van der Waals surface area contributed by atoms with E-state index in [1.54, 1.807) is 18.2 Å². The number of halogens is 2. The first-order valence-electron chi connectivity index (χ1n) is 12.4. The number of amides is 1. The van der Waals surface area contributed by atoms with Crippen molar-refractivity contribution in [3.63, 3.8) is 0 Å². The molecule has 8 nitrogen and oxygen atoms in total. The van der Waals surface area contributed by atoms with Crippen molar-refractivity contribution in [1.29, 1.82) is 5.41 Å². The number of hydrogen-bond acceptors (Lipinski definition) is 7. The molecule has 0 atom stereocenters. The Labute approximate surface area is 249 Å². The largest absolute Gasteiger partial charge is 0.490 e. The summed E-state index contributed by atoms with van der Waals surface area (Å²) in [6.07, 6.45) is 1.56. The van der Waals surface area contributed by atoms with Crippen molar-refractivity contribution in [2.75, 3.05) is 19.8 Å². The Bertz CT molecular complexity index is 1560. The maximum Gasteiger partial charge on any atom is 0.283 e. The van der Waals surface area contributed by atoms with E-state index in [2.05, 4.69) is 26.0 Å². The van der Waals surface area contributed by atoms with Crippen molar-refractivity contribution in [3.8, 4) is 17.2 Å². The van der Waals surface area contributed by atoms with Gasteiger partial charge in [-0.3, -0.25) is 10.2 Å². The summed E-state index contributed by atoms with van der Waals surface area (Å²) in [6, 6.07) is 18.8. The summed E-state index contributed by atoms with van der Waals surface area (Å²) >= 11 is 11.2. The van der Waals surface area contributed by atoms with E-state index in [0.717, 1.165) is 21.3 Å². The second kappa shape index (κ2) is 12.3. The van der Waals surface area contributed by atoms with E-state index >= 15 is 0 Å². The molecule has 3 aromatic rings. The summed E-state index contributed by atoms with van der Waals surface area (Å²) in [7, 11) is 0. The molecule has 0 radical (unpaired) electrons. The van der Waals surface area contributed by atoms with Crippen molar-refractivity contribution in [1.82, 2.24) is 5.01 Å². The molecule has 0 spiro atoms. The van der Waals surface area contributed by atoms with Crippen molar-refractivity contribution < 1.29 is 19.0 Å². The zero-order valence-corrected chi connectivity index (χ0v) is 24.8. The third-order valence-corrected chi connectivity index (χ3v) is 7.57. The molecule has 0 fully saturated rings. The van der Waals surface area contributed by atoms with E-state index in [9.17, 15) is 4.79 Å². The Kier molecular flexibility index (Phi) is 8.58. The number of hydrazone groups is 1. The van der Waals surface area contributed by atoms with E-state index in [0.29, 0.717) is 45.5 Å². The number of hydrogen-bond donors (Lipinski definition) is 1. The van der Waals surface area contributed by atoms with Crippen LogP contribution in [0.3, 0.4) is 0 Å². The molecule has 2 heterocycles. The zero-order chi connectivity index (χ0) is 28.2. The molecule has 2 aliphatic heterocycles. The standard InChI is InChI=1S/C29H24BrClN4O4S/c1-3-37-24-16-18(15-23(31)25(24)39-13-12-38-21-10-8-20(30)9-11-21)14-22-26(32)35-29(33-27(22)36)40-28(34-35)19-6-4-17(2)5-7-19/h4-11,14-16,32H,3,12-13H2,1-2H3/b22-14-,32-26?. The number of thioether (sulfide) groups is 1. The van der Waals surface area contributed by atoms with Gasteiger partial charge in [0, 0.05) is 10.0 Å². The Morgan fingerprint density at radius 1 is 1.05 bits per heavy atom. The number of ether oxygens (including phenoxy) is 3. The number of nitrogens with one attached hydrogen (secondary N) is 1. The molecule has 204 valence electrons. The molecule has 40 heavy (non-hydrogen) atoms. The van der Waals surface area contributed by atoms with Gasteiger partial charge < -0.3 is 14.2 Å². The fourth-order valence-electron chi connectivity index (χ4n) is 3.88. The highest BCUT2D eigenvalue weighted by Gasteiger charge is 2.36. The van der Waals surface area contributed by atoms with Crippen LogP contribution >= 0.6 is 39.3 Å². The molecule has 0 unspecified atom stereocenters. The summed E-state index contributed by atoms with van der Waals surface area (Å²) in [4.78, 5) is 17.1. The molecule has 0 saturated heterocycles. The number of carbonyl (C=O) groups excluding carboxylic acids is 1. The van der Waals surface area contributed by atoms with Crippen LogP contribution in [0.1, 0.15) is 23.6 Å². The maximum absolute atomic E-state index is 12.9. The smallest absolute Gasteiger partial charge is 0.283 e. The van der Waals surface area contributed by atoms with Crippen LogP contribution in [0.25, 0.3) is 6.08 Å². The number of benzene rings is 3. The molecule has 1 amide bonds. The number of rotatable bonds is 9. The van der Waals surface area contributed by atoms with Crippen LogP contribution in [-0.4, -0.2) is 46.8 Å². The van der Waals surface area contributed by atoms with Crippen LogP contribution in [0.15, 0.2) is 80.8 Å². The number of aliphatic imine (C=N–C) groups is 1. The molecule has 11 heteroatoms. The second-order valence-electron chi connectivity index (χ2n) is 8.71. The predicted molar refractivity (Wildman–Crippen MR) is 163 cm³/mol. The Morgan fingerprint density at radius 3 is 2.50 bits per heavy atom. The highest BCUT2D eigenvalue weighted by molar-refractivity contribution is 9.10. The van der Waals surface area contributed by atoms with Gasteiger partial charge in [0.25, 0.3) is 5.91 Å². The van der Waals surface area contributed by atoms with Crippen molar-refractivity contribution in [3.05, 3.63) is 92.4 Å². The summed E-state index contributed by atoms with van der Waals surface area (Å²) in [6.45, 7) is 4.79. The predicted octanol–water partition coefficient (Wildman–Crippen LogP) is 6.93. The van der Waals surface area contributed by atoms with Crippen molar-refractivity contribution >= 4 is 67.3 Å². The summed E-state index contributed by atoms with van der Waals surface area (Å²) in [5.41, 5.74) is 2.68. The van der Waals surface area contributed by atoms with Gasteiger partial charge in [-0.1, -0.05) is 57.4 Å². The molecule has 1 N–H and O–H groups in total. The Morgan fingerprint density at radius 2 is 1.77 bits per heavy atom. The average molecular weight is 640 g/mol. The van der Waals surface area contributed by atoms with Crippen molar-refractivity contribution in [2.45, 2.75) is 13.8 Å². The number of carbonyl (C=O) groups is 1. The lowest BCUT2D eigenvalue weighted by atomic mass is 10.1.